The first kappa shape index (κ1) is 24.2. The van der Waals surface area contributed by atoms with E-state index in [2.05, 4.69) is 15.4 Å². The Kier molecular flexibility index (Phi) is 8.02. The molecule has 3 rings (SSSR count). The van der Waals surface area contributed by atoms with Gasteiger partial charge in [0.15, 0.2) is 11.0 Å². The molecule has 0 saturated carbocycles. The SMILES string of the molecule is C[SH+](=O)Nc1cc(Cl)cc(C(=O)NCc2ccc(C(=N)N)cc2NCc2ccccc2F)c1. The van der Waals surface area contributed by atoms with Crippen molar-refractivity contribution in [2.45, 2.75) is 13.1 Å². The second-order valence-corrected chi connectivity index (χ2v) is 8.91. The topological polar surface area (TPSA) is 120 Å². The summed E-state index contributed by atoms with van der Waals surface area (Å²) in [6.45, 7) is 0.376. The number of nitrogens with two attached hydrogens (primary N) is 1. The third kappa shape index (κ3) is 6.77. The minimum Gasteiger partial charge on any atom is -0.384 e. The summed E-state index contributed by atoms with van der Waals surface area (Å²) in [5.41, 5.74) is 8.72. The fourth-order valence-corrected chi connectivity index (χ4v) is 3.87. The van der Waals surface area contributed by atoms with Crippen LogP contribution in [-0.4, -0.2) is 18.0 Å². The lowest BCUT2D eigenvalue weighted by Gasteiger charge is -2.15. The maximum atomic E-state index is 14.0. The maximum Gasteiger partial charge on any atom is 0.251 e. The smallest absolute Gasteiger partial charge is 0.251 e. The summed E-state index contributed by atoms with van der Waals surface area (Å²) in [4.78, 5) is 12.7. The van der Waals surface area contributed by atoms with Crippen LogP contribution in [0.25, 0.3) is 0 Å². The van der Waals surface area contributed by atoms with Crippen LogP contribution in [0.5, 0.6) is 0 Å². The Morgan fingerprint density at radius 1 is 1.06 bits per heavy atom. The maximum absolute atomic E-state index is 14.0. The summed E-state index contributed by atoms with van der Waals surface area (Å²) in [6, 6.07) is 16.2. The second kappa shape index (κ2) is 10.9. The quantitative estimate of drug-likeness (QED) is 0.135. The van der Waals surface area contributed by atoms with E-state index in [0.29, 0.717) is 33.1 Å². The largest absolute Gasteiger partial charge is 0.384 e. The van der Waals surface area contributed by atoms with Crippen molar-refractivity contribution in [2.75, 3.05) is 16.3 Å². The number of thiol groups is 1. The number of nitrogen functional groups attached to an aromatic ring is 1. The first-order chi connectivity index (χ1) is 15.7. The molecule has 0 saturated heterocycles. The standard InChI is InChI=1S/C23H23ClFN5O2S/c1-33(32)30-19-9-17(8-18(24)11-19)23(31)29-13-16-7-6-14(22(26)27)10-21(16)28-12-15-4-2-3-5-20(15)25/h2-11,28H,12-13H2,1H3,(H3,26,27)(H,29,31)(H,30,32)/p+1. The molecule has 0 aliphatic rings. The summed E-state index contributed by atoms with van der Waals surface area (Å²) < 4.78 is 28.2. The number of halogens is 2. The van der Waals surface area contributed by atoms with Crippen molar-refractivity contribution in [2.24, 2.45) is 5.73 Å². The van der Waals surface area contributed by atoms with E-state index in [4.69, 9.17) is 22.7 Å². The summed E-state index contributed by atoms with van der Waals surface area (Å²) in [7, 11) is -1.66. The predicted octanol–water partition coefficient (Wildman–Crippen LogP) is 3.96. The molecule has 1 unspecified atom stereocenters. The number of rotatable bonds is 9. The van der Waals surface area contributed by atoms with Crippen molar-refractivity contribution in [1.29, 1.82) is 5.41 Å². The number of carbonyl (C=O) groups excluding carboxylic acids is 1. The van der Waals surface area contributed by atoms with Gasteiger partial charge in [-0.15, -0.1) is 0 Å². The Morgan fingerprint density at radius 3 is 2.52 bits per heavy atom. The average molecular weight is 489 g/mol. The molecule has 7 nitrogen and oxygen atoms in total. The lowest BCUT2D eigenvalue weighted by Crippen LogP contribution is -2.24. The van der Waals surface area contributed by atoms with Gasteiger partial charge >= 0.3 is 0 Å². The molecule has 0 heterocycles. The van der Waals surface area contributed by atoms with Gasteiger partial charge < -0.3 is 16.4 Å². The average Bonchev–Trinajstić information content (AvgIpc) is 2.76. The molecule has 3 aromatic carbocycles. The van der Waals surface area contributed by atoms with Gasteiger partial charge in [-0.3, -0.25) is 10.2 Å². The van der Waals surface area contributed by atoms with E-state index in [1.165, 1.54) is 18.4 Å². The minimum absolute atomic E-state index is 0.104. The molecule has 0 aliphatic heterocycles. The predicted molar refractivity (Wildman–Crippen MR) is 133 cm³/mol. The fourth-order valence-electron chi connectivity index (χ4n) is 3.14. The molecule has 33 heavy (non-hydrogen) atoms. The van der Waals surface area contributed by atoms with Gasteiger partial charge in [0.2, 0.25) is 0 Å². The van der Waals surface area contributed by atoms with Crippen molar-refractivity contribution >= 4 is 45.7 Å². The van der Waals surface area contributed by atoms with Gasteiger partial charge in [-0.1, -0.05) is 46.1 Å². The molecule has 0 aromatic heterocycles. The highest BCUT2D eigenvalue weighted by Crippen LogP contribution is 2.22. The first-order valence-electron chi connectivity index (χ1n) is 9.94. The van der Waals surface area contributed by atoms with Crippen molar-refractivity contribution in [3.05, 3.63) is 93.8 Å². The molecule has 3 aromatic rings. The lowest BCUT2D eigenvalue weighted by molar-refractivity contribution is 0.0951. The zero-order chi connectivity index (χ0) is 24.0. The molecule has 0 radical (unpaired) electrons. The zero-order valence-electron chi connectivity index (χ0n) is 17.8. The molecular formula is C23H24ClFN5O2S+. The van der Waals surface area contributed by atoms with Gasteiger partial charge in [0.1, 0.15) is 17.9 Å². The molecule has 6 N–H and O–H groups in total. The molecule has 0 spiro atoms. The number of amidine groups is 1. The summed E-state index contributed by atoms with van der Waals surface area (Å²) >= 11 is 6.09. The monoisotopic (exact) mass is 488 g/mol. The van der Waals surface area contributed by atoms with Crippen LogP contribution in [-0.2, 0) is 28.3 Å². The van der Waals surface area contributed by atoms with Crippen LogP contribution in [0.1, 0.15) is 27.0 Å². The van der Waals surface area contributed by atoms with Gasteiger partial charge in [0, 0.05) is 40.5 Å². The number of nitrogens with one attached hydrogen (secondary N) is 4. The third-order valence-electron chi connectivity index (χ3n) is 4.73. The first-order valence-corrected chi connectivity index (χ1v) is 12.0. The zero-order valence-corrected chi connectivity index (χ0v) is 19.4. The van der Waals surface area contributed by atoms with E-state index < -0.39 is 11.0 Å². The van der Waals surface area contributed by atoms with Crippen molar-refractivity contribution in [3.63, 3.8) is 0 Å². The highest BCUT2D eigenvalue weighted by Gasteiger charge is 2.12. The minimum atomic E-state index is -1.66. The number of carbonyl (C=O) groups is 1. The molecular weight excluding hydrogens is 465 g/mol. The Balaban J connectivity index is 1.78. The molecule has 0 fully saturated rings. The number of benzene rings is 3. The molecule has 0 aliphatic carbocycles. The van der Waals surface area contributed by atoms with E-state index in [-0.39, 0.29) is 30.6 Å². The van der Waals surface area contributed by atoms with E-state index in [1.807, 2.05) is 0 Å². The lowest BCUT2D eigenvalue weighted by atomic mass is 10.1. The van der Waals surface area contributed by atoms with Crippen LogP contribution in [0.15, 0.2) is 60.7 Å². The van der Waals surface area contributed by atoms with Gasteiger partial charge in [-0.25, -0.2) is 9.11 Å². The van der Waals surface area contributed by atoms with Gasteiger partial charge in [0.25, 0.3) is 5.91 Å². The van der Waals surface area contributed by atoms with Crippen LogP contribution < -0.4 is 21.1 Å². The highest BCUT2D eigenvalue weighted by molar-refractivity contribution is 7.85. The summed E-state index contributed by atoms with van der Waals surface area (Å²) in [5.74, 6) is -0.808. The van der Waals surface area contributed by atoms with Crippen LogP contribution in [0.3, 0.4) is 0 Å². The Hall–Kier alpha value is -3.43. The van der Waals surface area contributed by atoms with Gasteiger partial charge in [-0.2, -0.15) is 0 Å². The van der Waals surface area contributed by atoms with Crippen LogP contribution >= 0.6 is 11.6 Å². The molecule has 172 valence electrons. The Labute approximate surface area is 198 Å². The Morgan fingerprint density at radius 2 is 1.82 bits per heavy atom. The van der Waals surface area contributed by atoms with Crippen LogP contribution in [0, 0.1) is 11.2 Å². The van der Waals surface area contributed by atoms with Gasteiger partial charge in [-0.05, 0) is 35.9 Å². The van der Waals surface area contributed by atoms with E-state index >= 15 is 0 Å². The molecule has 10 heteroatoms. The summed E-state index contributed by atoms with van der Waals surface area (Å²) in [6.07, 6.45) is 1.51. The van der Waals surface area contributed by atoms with Crippen molar-refractivity contribution in [1.82, 2.24) is 5.32 Å². The molecule has 1 amide bonds. The van der Waals surface area contributed by atoms with Crippen LogP contribution in [0.2, 0.25) is 5.02 Å². The fraction of sp³-hybridized carbons (Fsp3) is 0.130. The van der Waals surface area contributed by atoms with E-state index in [0.717, 1.165) is 5.56 Å². The van der Waals surface area contributed by atoms with E-state index in [1.54, 1.807) is 48.5 Å². The summed E-state index contributed by atoms with van der Waals surface area (Å²) in [5, 5.41) is 14.0. The normalized spacial score (nSPS) is 11.5. The van der Waals surface area contributed by atoms with Gasteiger partial charge in [0.05, 0.1) is 5.69 Å². The number of amides is 1. The number of hydrogen-bond acceptors (Lipinski definition) is 4. The van der Waals surface area contributed by atoms with E-state index in [9.17, 15) is 13.4 Å². The van der Waals surface area contributed by atoms with Crippen LogP contribution in [0.4, 0.5) is 15.8 Å². The molecule has 0 bridgehead atoms. The van der Waals surface area contributed by atoms with Crippen molar-refractivity contribution < 1.29 is 13.4 Å². The van der Waals surface area contributed by atoms with Crippen molar-refractivity contribution in [3.8, 4) is 0 Å². The number of anilines is 2. The third-order valence-corrected chi connectivity index (χ3v) is 5.53. The highest BCUT2D eigenvalue weighted by atomic mass is 35.5. The molecule has 1 atom stereocenters. The second-order valence-electron chi connectivity index (χ2n) is 7.25. The number of hydrogen-bond donors (Lipinski definition) is 5. The Bertz CT molecular complexity index is 1220.